The standard InChI is InChI=1S/C25H23N3O4/c1-14-20(16(3)32-26-14)12-28-24(17-8-4-5-9-18(17)25(28)31)23-15(2)27(13-22(29)30)21-11-7-6-10-19(21)23/h4-11,31H,12-13H2,1-3H3,(H,29,30). The minimum atomic E-state index is -0.904. The largest absolute Gasteiger partial charge is 0.494 e. The number of nitrogens with zero attached hydrogens (tertiary/aromatic N) is 3. The highest BCUT2D eigenvalue weighted by Crippen LogP contribution is 2.43. The first-order valence-corrected chi connectivity index (χ1v) is 10.4. The summed E-state index contributed by atoms with van der Waals surface area (Å²) in [7, 11) is 0. The maximum atomic E-state index is 11.6. The minimum absolute atomic E-state index is 0.138. The van der Waals surface area contributed by atoms with Gasteiger partial charge in [-0.2, -0.15) is 0 Å². The summed E-state index contributed by atoms with van der Waals surface area (Å²) < 4.78 is 9.04. The third-order valence-corrected chi connectivity index (χ3v) is 6.21. The minimum Gasteiger partial charge on any atom is -0.494 e. The van der Waals surface area contributed by atoms with E-state index in [1.54, 1.807) is 0 Å². The lowest BCUT2D eigenvalue weighted by Gasteiger charge is -2.12. The number of aliphatic carboxylic acids is 1. The number of rotatable bonds is 5. The van der Waals surface area contributed by atoms with Gasteiger partial charge in [-0.15, -0.1) is 0 Å². The Morgan fingerprint density at radius 1 is 0.969 bits per heavy atom. The molecule has 32 heavy (non-hydrogen) atoms. The van der Waals surface area contributed by atoms with Gasteiger partial charge in [0.15, 0.2) is 5.88 Å². The van der Waals surface area contributed by atoms with Crippen molar-refractivity contribution in [1.82, 2.24) is 14.3 Å². The van der Waals surface area contributed by atoms with Gasteiger partial charge in [0.25, 0.3) is 0 Å². The number of hydrogen-bond acceptors (Lipinski definition) is 4. The Balaban J connectivity index is 1.87. The highest BCUT2D eigenvalue weighted by atomic mass is 16.5. The topological polar surface area (TPSA) is 93.4 Å². The van der Waals surface area contributed by atoms with Crippen LogP contribution in [0, 0.1) is 20.8 Å². The van der Waals surface area contributed by atoms with E-state index in [9.17, 15) is 15.0 Å². The summed E-state index contributed by atoms with van der Waals surface area (Å²) >= 11 is 0. The Morgan fingerprint density at radius 3 is 2.28 bits per heavy atom. The second-order valence-corrected chi connectivity index (χ2v) is 8.06. The van der Waals surface area contributed by atoms with Crippen molar-refractivity contribution in [3.05, 3.63) is 71.2 Å². The molecular formula is C25H23N3O4. The second-order valence-electron chi connectivity index (χ2n) is 8.06. The lowest BCUT2D eigenvalue weighted by Crippen LogP contribution is -2.10. The van der Waals surface area contributed by atoms with Crippen molar-refractivity contribution < 1.29 is 19.5 Å². The van der Waals surface area contributed by atoms with Crippen LogP contribution in [0.4, 0.5) is 0 Å². The number of carboxylic acids is 1. The molecule has 5 rings (SSSR count). The molecule has 7 nitrogen and oxygen atoms in total. The number of para-hydroxylation sites is 1. The molecule has 0 aliphatic heterocycles. The van der Waals surface area contributed by atoms with Crippen molar-refractivity contribution in [2.45, 2.75) is 33.9 Å². The third kappa shape index (κ3) is 2.89. The number of carboxylic acid groups (broad SMARTS) is 1. The zero-order chi connectivity index (χ0) is 22.6. The molecule has 0 atom stereocenters. The van der Waals surface area contributed by atoms with E-state index in [-0.39, 0.29) is 12.4 Å². The average molecular weight is 429 g/mol. The molecule has 0 amide bonds. The summed E-state index contributed by atoms with van der Waals surface area (Å²) in [5.41, 5.74) is 5.11. The molecule has 2 aromatic carbocycles. The van der Waals surface area contributed by atoms with Crippen LogP contribution in [0.2, 0.25) is 0 Å². The van der Waals surface area contributed by atoms with E-state index in [4.69, 9.17) is 4.52 Å². The number of carbonyl (C=O) groups is 1. The van der Waals surface area contributed by atoms with Gasteiger partial charge in [-0.05, 0) is 32.9 Å². The average Bonchev–Trinajstić information content (AvgIpc) is 3.34. The maximum absolute atomic E-state index is 11.6. The van der Waals surface area contributed by atoms with Crippen molar-refractivity contribution in [1.29, 1.82) is 0 Å². The number of aromatic nitrogens is 3. The zero-order valence-electron chi connectivity index (χ0n) is 18.1. The fourth-order valence-corrected chi connectivity index (χ4v) is 4.66. The summed E-state index contributed by atoms with van der Waals surface area (Å²) in [6.07, 6.45) is 0. The smallest absolute Gasteiger partial charge is 0.323 e. The summed E-state index contributed by atoms with van der Waals surface area (Å²) in [5.74, 6) is -0.0417. The van der Waals surface area contributed by atoms with Gasteiger partial charge in [0.1, 0.15) is 12.3 Å². The Labute approximate surface area is 184 Å². The van der Waals surface area contributed by atoms with Gasteiger partial charge in [-0.3, -0.25) is 4.79 Å². The van der Waals surface area contributed by atoms with Crippen molar-refractivity contribution in [3.63, 3.8) is 0 Å². The number of aromatic hydroxyl groups is 1. The predicted octanol–water partition coefficient (Wildman–Crippen LogP) is 5.01. The fraction of sp³-hybridized carbons (Fsp3) is 0.200. The second kappa shape index (κ2) is 7.30. The molecule has 0 saturated carbocycles. The molecule has 0 fully saturated rings. The van der Waals surface area contributed by atoms with Crippen molar-refractivity contribution >= 4 is 27.6 Å². The quantitative estimate of drug-likeness (QED) is 0.409. The molecule has 7 heteroatoms. The van der Waals surface area contributed by atoms with Gasteiger partial charge in [-0.1, -0.05) is 41.6 Å². The van der Waals surface area contributed by atoms with Gasteiger partial charge in [0.05, 0.1) is 17.9 Å². The molecule has 3 aromatic heterocycles. The summed E-state index contributed by atoms with van der Waals surface area (Å²) in [6, 6.07) is 15.5. The summed E-state index contributed by atoms with van der Waals surface area (Å²) in [6.45, 7) is 5.92. The van der Waals surface area contributed by atoms with Crippen molar-refractivity contribution in [2.75, 3.05) is 0 Å². The molecule has 0 saturated heterocycles. The molecular weight excluding hydrogens is 406 g/mol. The van der Waals surface area contributed by atoms with Crippen LogP contribution >= 0.6 is 0 Å². The van der Waals surface area contributed by atoms with Gasteiger partial charge < -0.3 is 23.9 Å². The van der Waals surface area contributed by atoms with Gasteiger partial charge >= 0.3 is 5.97 Å². The number of benzene rings is 2. The van der Waals surface area contributed by atoms with Crippen LogP contribution in [-0.4, -0.2) is 30.5 Å². The maximum Gasteiger partial charge on any atom is 0.323 e. The molecule has 0 aliphatic rings. The van der Waals surface area contributed by atoms with Gasteiger partial charge in [-0.25, -0.2) is 0 Å². The highest BCUT2D eigenvalue weighted by Gasteiger charge is 2.25. The third-order valence-electron chi connectivity index (χ3n) is 6.21. The van der Waals surface area contributed by atoms with Crippen LogP contribution in [-0.2, 0) is 17.9 Å². The zero-order valence-corrected chi connectivity index (χ0v) is 18.1. The molecule has 2 N–H and O–H groups in total. The monoisotopic (exact) mass is 429 g/mol. The van der Waals surface area contributed by atoms with Crippen LogP contribution in [0.3, 0.4) is 0 Å². The highest BCUT2D eigenvalue weighted by molar-refractivity contribution is 6.08. The number of aryl methyl sites for hydroxylation is 2. The summed E-state index contributed by atoms with van der Waals surface area (Å²) in [4.78, 5) is 11.6. The van der Waals surface area contributed by atoms with Crippen molar-refractivity contribution in [2.24, 2.45) is 0 Å². The molecule has 3 heterocycles. The lowest BCUT2D eigenvalue weighted by atomic mass is 10.0. The van der Waals surface area contributed by atoms with Crippen LogP contribution in [0.5, 0.6) is 5.88 Å². The van der Waals surface area contributed by atoms with Crippen LogP contribution in [0.1, 0.15) is 22.7 Å². The van der Waals surface area contributed by atoms with E-state index in [0.29, 0.717) is 12.3 Å². The van der Waals surface area contributed by atoms with E-state index >= 15 is 0 Å². The molecule has 0 spiro atoms. The Kier molecular flexibility index (Phi) is 4.55. The van der Waals surface area contributed by atoms with Gasteiger partial charge in [0.2, 0.25) is 0 Å². The van der Waals surface area contributed by atoms with E-state index in [1.165, 1.54) is 0 Å². The van der Waals surface area contributed by atoms with E-state index in [0.717, 1.165) is 49.9 Å². The first-order chi connectivity index (χ1) is 15.4. The Hall–Kier alpha value is -4.00. The first kappa shape index (κ1) is 19.9. The van der Waals surface area contributed by atoms with Crippen molar-refractivity contribution in [3.8, 4) is 17.1 Å². The Bertz CT molecular complexity index is 1480. The van der Waals surface area contributed by atoms with E-state index < -0.39 is 5.97 Å². The molecule has 0 aliphatic carbocycles. The fourth-order valence-electron chi connectivity index (χ4n) is 4.66. The van der Waals surface area contributed by atoms with Crippen LogP contribution in [0.15, 0.2) is 53.1 Å². The van der Waals surface area contributed by atoms with Gasteiger partial charge in [0, 0.05) is 38.5 Å². The van der Waals surface area contributed by atoms with E-state index in [1.807, 2.05) is 78.4 Å². The van der Waals surface area contributed by atoms with E-state index in [2.05, 4.69) is 5.16 Å². The molecule has 162 valence electrons. The predicted molar refractivity (Wildman–Crippen MR) is 122 cm³/mol. The molecule has 0 bridgehead atoms. The normalized spacial score (nSPS) is 11.6. The summed E-state index contributed by atoms with van der Waals surface area (Å²) in [5, 5.41) is 27.4. The number of hydrogen-bond donors (Lipinski definition) is 2. The van der Waals surface area contributed by atoms with Crippen LogP contribution < -0.4 is 0 Å². The SMILES string of the molecule is Cc1noc(C)c1Cn1c(O)c2ccccc2c1-c1c(C)n(CC(=O)O)c2ccccc12. The molecule has 5 aromatic rings. The number of fused-ring (bicyclic) bond motifs is 2. The van der Waals surface area contributed by atoms with Crippen LogP contribution in [0.25, 0.3) is 32.9 Å². The molecule has 0 unspecified atom stereocenters. The molecule has 0 radical (unpaired) electrons. The lowest BCUT2D eigenvalue weighted by molar-refractivity contribution is -0.137. The Morgan fingerprint density at radius 2 is 1.62 bits per heavy atom. The first-order valence-electron chi connectivity index (χ1n) is 10.4.